The molecule has 1 saturated carbocycles. The fourth-order valence-electron chi connectivity index (χ4n) is 6.35. The van der Waals surface area contributed by atoms with Gasteiger partial charge in [0.25, 0.3) is 11.8 Å². The van der Waals surface area contributed by atoms with Crippen molar-refractivity contribution in [1.82, 2.24) is 14.7 Å². The molecule has 0 bridgehead atoms. The number of hydroxylamine groups is 2. The summed E-state index contributed by atoms with van der Waals surface area (Å²) in [4.78, 5) is 60.8. The van der Waals surface area contributed by atoms with E-state index in [4.69, 9.17) is 32.8 Å². The Balaban J connectivity index is 1.78. The smallest absolute Gasteiger partial charge is 0.302 e. The van der Waals surface area contributed by atoms with Crippen LogP contribution in [0.15, 0.2) is 78.4 Å². The summed E-state index contributed by atoms with van der Waals surface area (Å²) in [6.07, 6.45) is 8.50. The Morgan fingerprint density at radius 3 is 2.40 bits per heavy atom. The second-order valence-electron chi connectivity index (χ2n) is 12.5. The predicted octanol–water partition coefficient (Wildman–Crippen LogP) is 6.06. The van der Waals surface area contributed by atoms with E-state index in [1.807, 2.05) is 0 Å². The highest BCUT2D eigenvalue weighted by atomic mass is 35.5. The van der Waals surface area contributed by atoms with Crippen molar-refractivity contribution in [2.75, 3.05) is 19.5 Å². The zero-order valence-corrected chi connectivity index (χ0v) is 30.7. The van der Waals surface area contributed by atoms with E-state index in [-0.39, 0.29) is 23.8 Å². The van der Waals surface area contributed by atoms with Crippen LogP contribution in [0, 0.1) is 0 Å². The molecule has 268 valence electrons. The van der Waals surface area contributed by atoms with Gasteiger partial charge in [0.15, 0.2) is 0 Å². The normalized spacial score (nSPS) is 21.1. The van der Waals surface area contributed by atoms with Crippen LogP contribution in [0.3, 0.4) is 0 Å². The van der Waals surface area contributed by atoms with E-state index in [1.54, 1.807) is 66.4 Å². The number of halogens is 2. The minimum atomic E-state index is -3.66. The maximum atomic E-state index is 14.7. The number of fused-ring (bicyclic) bond motifs is 1. The van der Waals surface area contributed by atoms with Crippen molar-refractivity contribution in [3.63, 3.8) is 0 Å². The summed E-state index contributed by atoms with van der Waals surface area (Å²) in [6.45, 7) is 7.96. The Bertz CT molecular complexity index is 1830. The standard InChI is InChI=1S/C36H41Cl2N3O8S/c1-22(20-48-25(4)43)11-10-12-23(2)21-49-41(24(3)42)36(45)33-27-13-6-7-14-28(27)35(44)40(34(33)29-18-17-26(37)19-30(29)38)32-16-9-8-15-31(32)39-50(5,46)47/h6-7,10-14,17-19,31-34,39H,1,8-9,15-16,20-21H2,2-5H3/b11-10-,23-12+. The van der Waals surface area contributed by atoms with Crippen molar-refractivity contribution < 1.29 is 37.2 Å². The summed E-state index contributed by atoms with van der Waals surface area (Å²) in [7, 11) is -3.66. The average Bonchev–Trinajstić information content (AvgIpc) is 3.03. The zero-order chi connectivity index (χ0) is 36.7. The Kier molecular flexibility index (Phi) is 13.2. The number of sulfonamides is 1. The van der Waals surface area contributed by atoms with Gasteiger partial charge in [-0.15, -0.1) is 0 Å². The van der Waals surface area contributed by atoms with Gasteiger partial charge in [-0.3, -0.25) is 24.0 Å². The van der Waals surface area contributed by atoms with Gasteiger partial charge in [-0.05, 0) is 60.2 Å². The predicted molar refractivity (Wildman–Crippen MR) is 191 cm³/mol. The van der Waals surface area contributed by atoms with Crippen molar-refractivity contribution >= 4 is 56.9 Å². The molecule has 3 amide bonds. The van der Waals surface area contributed by atoms with E-state index in [1.165, 1.54) is 19.9 Å². The van der Waals surface area contributed by atoms with Crippen LogP contribution in [-0.4, -0.2) is 73.6 Å². The minimum absolute atomic E-state index is 0.0367. The van der Waals surface area contributed by atoms with Crippen molar-refractivity contribution in [3.05, 3.63) is 105 Å². The molecule has 0 saturated heterocycles. The second kappa shape index (κ2) is 16.9. The lowest BCUT2D eigenvalue weighted by Crippen LogP contribution is -2.59. The highest BCUT2D eigenvalue weighted by Gasteiger charge is 2.51. The molecular formula is C36H41Cl2N3O8S. The van der Waals surface area contributed by atoms with Gasteiger partial charge >= 0.3 is 5.97 Å². The second-order valence-corrected chi connectivity index (χ2v) is 15.1. The number of rotatable bonds is 12. The molecule has 4 unspecified atom stereocenters. The van der Waals surface area contributed by atoms with Crippen LogP contribution in [-0.2, 0) is 34.0 Å². The molecule has 0 spiro atoms. The van der Waals surface area contributed by atoms with Gasteiger partial charge < -0.3 is 9.64 Å². The first-order chi connectivity index (χ1) is 23.6. The number of ether oxygens (including phenoxy) is 1. The molecule has 0 radical (unpaired) electrons. The molecule has 1 N–H and O–H groups in total. The first-order valence-corrected chi connectivity index (χ1v) is 18.7. The monoisotopic (exact) mass is 745 g/mol. The third kappa shape index (κ3) is 9.70. The zero-order valence-electron chi connectivity index (χ0n) is 28.4. The molecule has 4 atom stereocenters. The van der Waals surface area contributed by atoms with Crippen molar-refractivity contribution in [2.24, 2.45) is 0 Å². The van der Waals surface area contributed by atoms with Crippen LogP contribution in [0.5, 0.6) is 0 Å². The number of hydrogen-bond donors (Lipinski definition) is 1. The number of benzene rings is 2. The van der Waals surface area contributed by atoms with Crippen molar-refractivity contribution in [1.29, 1.82) is 0 Å². The van der Waals surface area contributed by atoms with Gasteiger partial charge in [0.1, 0.15) is 6.61 Å². The van der Waals surface area contributed by atoms with Crippen molar-refractivity contribution in [3.8, 4) is 0 Å². The minimum Gasteiger partial charge on any atom is -0.461 e. The average molecular weight is 747 g/mol. The topological polar surface area (TPSA) is 139 Å². The number of nitrogens with one attached hydrogen (secondary N) is 1. The van der Waals surface area contributed by atoms with E-state index in [2.05, 4.69) is 11.3 Å². The van der Waals surface area contributed by atoms with Crippen LogP contribution in [0.25, 0.3) is 0 Å². The Morgan fingerprint density at radius 1 is 1.04 bits per heavy atom. The number of imide groups is 1. The molecule has 14 heteroatoms. The fourth-order valence-corrected chi connectivity index (χ4v) is 7.70. The highest BCUT2D eigenvalue weighted by molar-refractivity contribution is 7.88. The van der Waals surface area contributed by atoms with Crippen LogP contribution in [0.1, 0.15) is 79.9 Å². The number of amides is 3. The van der Waals surface area contributed by atoms with Gasteiger partial charge in [0.2, 0.25) is 15.9 Å². The largest absolute Gasteiger partial charge is 0.461 e. The number of carbonyl (C=O) groups is 4. The molecule has 50 heavy (non-hydrogen) atoms. The summed E-state index contributed by atoms with van der Waals surface area (Å²) in [5.41, 5.74) is 2.22. The molecule has 1 aliphatic carbocycles. The van der Waals surface area contributed by atoms with Gasteiger partial charge in [0.05, 0.1) is 24.8 Å². The number of esters is 1. The van der Waals surface area contributed by atoms with Crippen molar-refractivity contribution in [2.45, 2.75) is 70.5 Å². The molecule has 1 fully saturated rings. The Labute approximate surface area is 302 Å². The molecule has 1 heterocycles. The first-order valence-electron chi connectivity index (χ1n) is 16.0. The lowest BCUT2D eigenvalue weighted by Gasteiger charge is -2.49. The summed E-state index contributed by atoms with van der Waals surface area (Å²) in [5, 5.41) is 1.22. The summed E-state index contributed by atoms with van der Waals surface area (Å²) in [5.74, 6) is -3.43. The van der Waals surface area contributed by atoms with Gasteiger partial charge in [0, 0.05) is 41.5 Å². The Morgan fingerprint density at radius 2 is 1.74 bits per heavy atom. The molecule has 11 nitrogen and oxygen atoms in total. The molecule has 1 aliphatic heterocycles. The molecule has 0 aromatic heterocycles. The SMILES string of the molecule is C=C(/C=C\C=C(/C)CON(C(C)=O)C(=O)C1c2ccccc2C(=O)N(C2CCCCC2NS(C)(=O)=O)C1c1ccc(Cl)cc1Cl)COC(C)=O. The third-order valence-electron chi connectivity index (χ3n) is 8.46. The molecule has 4 rings (SSSR count). The number of allylic oxidation sites excluding steroid dienone is 2. The Hall–Kier alpha value is -3.81. The van der Waals surface area contributed by atoms with Gasteiger partial charge in [-0.1, -0.05) is 85.1 Å². The van der Waals surface area contributed by atoms with E-state index < -0.39 is 57.8 Å². The fraction of sp³-hybridized carbons (Fsp3) is 0.389. The van der Waals surface area contributed by atoms with Crippen LogP contribution in [0.4, 0.5) is 0 Å². The van der Waals surface area contributed by atoms with E-state index in [0.29, 0.717) is 45.2 Å². The van der Waals surface area contributed by atoms with Crippen LogP contribution >= 0.6 is 23.2 Å². The van der Waals surface area contributed by atoms with Crippen LogP contribution in [0.2, 0.25) is 10.0 Å². The van der Waals surface area contributed by atoms with E-state index >= 15 is 0 Å². The third-order valence-corrected chi connectivity index (χ3v) is 9.75. The maximum absolute atomic E-state index is 14.7. The molecule has 2 aliphatic rings. The first kappa shape index (κ1) is 39.0. The molecule has 2 aromatic rings. The van der Waals surface area contributed by atoms with Gasteiger partial charge in [-0.2, -0.15) is 5.06 Å². The summed E-state index contributed by atoms with van der Waals surface area (Å²) in [6, 6.07) is 9.06. The van der Waals surface area contributed by atoms with Gasteiger partial charge in [-0.25, -0.2) is 13.1 Å². The quantitative estimate of drug-likeness (QED) is 0.157. The van der Waals surface area contributed by atoms with Crippen LogP contribution < -0.4 is 4.72 Å². The number of hydrogen-bond acceptors (Lipinski definition) is 8. The number of nitrogens with zero attached hydrogens (tertiary/aromatic N) is 2. The summed E-state index contributed by atoms with van der Waals surface area (Å²) >= 11 is 13.1. The molecular weight excluding hydrogens is 705 g/mol. The maximum Gasteiger partial charge on any atom is 0.302 e. The molecule has 2 aromatic carbocycles. The summed E-state index contributed by atoms with van der Waals surface area (Å²) < 4.78 is 32.6. The highest BCUT2D eigenvalue weighted by Crippen LogP contribution is 2.48. The lowest BCUT2D eigenvalue weighted by molar-refractivity contribution is -0.193. The number of carbonyl (C=O) groups excluding carboxylic acids is 4. The lowest BCUT2D eigenvalue weighted by atomic mass is 9.76. The van der Waals surface area contributed by atoms with E-state index in [0.717, 1.165) is 19.1 Å². The van der Waals surface area contributed by atoms with E-state index in [9.17, 15) is 27.6 Å².